The van der Waals surface area contributed by atoms with Crippen molar-refractivity contribution in [3.63, 3.8) is 0 Å². The van der Waals surface area contributed by atoms with Crippen LogP contribution < -0.4 is 11.1 Å². The summed E-state index contributed by atoms with van der Waals surface area (Å²) in [5.41, 5.74) is 6.59. The Morgan fingerprint density at radius 1 is 1.40 bits per heavy atom. The Labute approximate surface area is 124 Å². The molecule has 112 valence electrons. The van der Waals surface area contributed by atoms with Crippen LogP contribution in [0.4, 0.5) is 5.69 Å². The molecule has 1 saturated heterocycles. The van der Waals surface area contributed by atoms with E-state index in [0.29, 0.717) is 37.3 Å². The van der Waals surface area contributed by atoms with E-state index in [1.54, 1.807) is 24.3 Å². The van der Waals surface area contributed by atoms with E-state index >= 15 is 0 Å². The zero-order chi connectivity index (χ0) is 13.9. The molecule has 0 spiro atoms. The number of nitrogens with two attached hydrogens (primary N) is 1. The number of anilines is 1. The second kappa shape index (κ2) is 6.92. The van der Waals surface area contributed by atoms with Crippen molar-refractivity contribution in [3.05, 3.63) is 29.8 Å². The molecule has 0 radical (unpaired) electrons. The number of halogens is 1. The van der Waals surface area contributed by atoms with Gasteiger partial charge in [-0.3, -0.25) is 4.79 Å². The van der Waals surface area contributed by atoms with Crippen LogP contribution in [0.2, 0.25) is 0 Å². The number of nitrogens with zero attached hydrogens (tertiary/aromatic N) is 1. The molecule has 0 aromatic heterocycles. The summed E-state index contributed by atoms with van der Waals surface area (Å²) < 4.78 is 24.5. The van der Waals surface area contributed by atoms with E-state index in [1.165, 1.54) is 4.31 Å². The van der Waals surface area contributed by atoms with Crippen LogP contribution in [0.3, 0.4) is 0 Å². The molecular formula is C12H18ClN3O3S. The van der Waals surface area contributed by atoms with E-state index in [0.717, 1.165) is 0 Å². The van der Waals surface area contributed by atoms with E-state index in [2.05, 4.69) is 5.32 Å². The first-order chi connectivity index (χ1) is 8.99. The van der Waals surface area contributed by atoms with Crippen LogP contribution in [0.1, 0.15) is 16.8 Å². The Hall–Kier alpha value is -1.31. The fraction of sp³-hybridized carbons (Fsp3) is 0.417. The number of benzene rings is 1. The zero-order valence-electron chi connectivity index (χ0n) is 10.9. The van der Waals surface area contributed by atoms with Gasteiger partial charge < -0.3 is 11.1 Å². The van der Waals surface area contributed by atoms with Crippen LogP contribution in [0.25, 0.3) is 0 Å². The van der Waals surface area contributed by atoms with Gasteiger partial charge in [0, 0.05) is 30.9 Å². The van der Waals surface area contributed by atoms with Gasteiger partial charge in [-0.2, -0.15) is 0 Å². The lowest BCUT2D eigenvalue weighted by molar-refractivity contribution is 0.0952. The Bertz CT molecular complexity index is 577. The largest absolute Gasteiger partial charge is 0.399 e. The van der Waals surface area contributed by atoms with Crippen molar-refractivity contribution in [2.45, 2.75) is 6.42 Å². The summed E-state index contributed by atoms with van der Waals surface area (Å²) in [7, 11) is -3.09. The predicted octanol–water partition coefficient (Wildman–Crippen LogP) is 0.456. The van der Waals surface area contributed by atoms with Gasteiger partial charge in [0.2, 0.25) is 10.0 Å². The molecule has 0 saturated carbocycles. The molecule has 1 aliphatic rings. The lowest BCUT2D eigenvalue weighted by Crippen LogP contribution is -2.35. The summed E-state index contributed by atoms with van der Waals surface area (Å²) in [6.45, 7) is 1.15. The standard InChI is InChI=1S/C12H17N3O3S.ClH/c13-11-4-1-3-10(9-11)12(16)14-5-7-15-6-2-8-19(15,17)18;/h1,3-4,9H,2,5-8,13H2,(H,14,16);1H. The van der Waals surface area contributed by atoms with Crippen molar-refractivity contribution in [1.29, 1.82) is 0 Å². The molecule has 8 heteroatoms. The summed E-state index contributed by atoms with van der Waals surface area (Å²) in [5.74, 6) is -0.0419. The summed E-state index contributed by atoms with van der Waals surface area (Å²) in [6, 6.07) is 6.66. The maximum absolute atomic E-state index is 11.8. The van der Waals surface area contributed by atoms with Gasteiger partial charge in [0.05, 0.1) is 5.75 Å². The Balaban J connectivity index is 0.00000200. The molecule has 0 bridgehead atoms. The van der Waals surface area contributed by atoms with Crippen LogP contribution in [0, 0.1) is 0 Å². The molecular weight excluding hydrogens is 302 g/mol. The van der Waals surface area contributed by atoms with E-state index < -0.39 is 10.0 Å². The van der Waals surface area contributed by atoms with Gasteiger partial charge in [0.25, 0.3) is 5.91 Å². The van der Waals surface area contributed by atoms with E-state index in [4.69, 9.17) is 5.73 Å². The molecule has 1 aromatic rings. The number of carbonyl (C=O) groups excluding carboxylic acids is 1. The predicted molar refractivity (Wildman–Crippen MR) is 80.4 cm³/mol. The topological polar surface area (TPSA) is 92.5 Å². The van der Waals surface area contributed by atoms with Crippen molar-refractivity contribution in [2.24, 2.45) is 0 Å². The molecule has 3 N–H and O–H groups in total. The molecule has 1 aliphatic heterocycles. The number of sulfonamides is 1. The maximum Gasteiger partial charge on any atom is 0.251 e. The monoisotopic (exact) mass is 319 g/mol. The lowest BCUT2D eigenvalue weighted by atomic mass is 10.2. The molecule has 0 aliphatic carbocycles. The number of hydrogen-bond donors (Lipinski definition) is 2. The molecule has 2 rings (SSSR count). The third kappa shape index (κ3) is 4.09. The molecule has 1 fully saturated rings. The fourth-order valence-corrected chi connectivity index (χ4v) is 3.55. The Kier molecular flexibility index (Phi) is 5.79. The first-order valence-electron chi connectivity index (χ1n) is 6.10. The lowest BCUT2D eigenvalue weighted by Gasteiger charge is -2.14. The molecule has 1 heterocycles. The van der Waals surface area contributed by atoms with E-state index in [1.807, 2.05) is 0 Å². The smallest absolute Gasteiger partial charge is 0.251 e. The van der Waals surface area contributed by atoms with Crippen LogP contribution in [-0.2, 0) is 10.0 Å². The SMILES string of the molecule is Cl.Nc1cccc(C(=O)NCCN2CCCS2(=O)=O)c1. The van der Waals surface area contributed by atoms with Gasteiger partial charge in [-0.15, -0.1) is 12.4 Å². The maximum atomic E-state index is 11.8. The molecule has 6 nitrogen and oxygen atoms in total. The number of nitrogens with one attached hydrogen (secondary N) is 1. The van der Waals surface area contributed by atoms with Gasteiger partial charge in [0.15, 0.2) is 0 Å². The summed E-state index contributed by atoms with van der Waals surface area (Å²) in [6.07, 6.45) is 0.658. The van der Waals surface area contributed by atoms with Crippen molar-refractivity contribution in [1.82, 2.24) is 9.62 Å². The third-order valence-electron chi connectivity index (χ3n) is 3.00. The Morgan fingerprint density at radius 2 is 2.15 bits per heavy atom. The number of nitrogen functional groups attached to an aromatic ring is 1. The van der Waals surface area contributed by atoms with Crippen molar-refractivity contribution in [3.8, 4) is 0 Å². The van der Waals surface area contributed by atoms with Gasteiger partial charge in [-0.05, 0) is 24.6 Å². The Morgan fingerprint density at radius 3 is 2.75 bits per heavy atom. The number of amides is 1. The molecule has 20 heavy (non-hydrogen) atoms. The van der Waals surface area contributed by atoms with Crippen LogP contribution >= 0.6 is 12.4 Å². The van der Waals surface area contributed by atoms with E-state index in [9.17, 15) is 13.2 Å². The molecule has 0 unspecified atom stereocenters. The first-order valence-corrected chi connectivity index (χ1v) is 7.71. The minimum atomic E-state index is -3.09. The van der Waals surface area contributed by atoms with E-state index in [-0.39, 0.29) is 24.1 Å². The minimum absolute atomic E-state index is 0. The average Bonchev–Trinajstić information content (AvgIpc) is 2.69. The van der Waals surface area contributed by atoms with Gasteiger partial charge in [-0.1, -0.05) is 6.07 Å². The second-order valence-corrected chi connectivity index (χ2v) is 6.54. The van der Waals surface area contributed by atoms with Crippen molar-refractivity contribution in [2.75, 3.05) is 31.1 Å². The summed E-state index contributed by atoms with van der Waals surface area (Å²) >= 11 is 0. The molecule has 1 aromatic carbocycles. The fourth-order valence-electron chi connectivity index (χ4n) is 2.02. The summed E-state index contributed by atoms with van der Waals surface area (Å²) in [5, 5.41) is 2.69. The highest BCUT2D eigenvalue weighted by molar-refractivity contribution is 7.89. The summed E-state index contributed by atoms with van der Waals surface area (Å²) in [4.78, 5) is 11.8. The highest BCUT2D eigenvalue weighted by Gasteiger charge is 2.27. The van der Waals surface area contributed by atoms with Crippen molar-refractivity contribution < 1.29 is 13.2 Å². The first kappa shape index (κ1) is 16.7. The van der Waals surface area contributed by atoms with Crippen molar-refractivity contribution >= 4 is 34.0 Å². The van der Waals surface area contributed by atoms with Gasteiger partial charge in [-0.25, -0.2) is 12.7 Å². The quantitative estimate of drug-likeness (QED) is 0.788. The third-order valence-corrected chi connectivity index (χ3v) is 4.96. The molecule has 0 atom stereocenters. The van der Waals surface area contributed by atoms with Gasteiger partial charge >= 0.3 is 0 Å². The average molecular weight is 320 g/mol. The normalized spacial score (nSPS) is 17.4. The highest BCUT2D eigenvalue weighted by Crippen LogP contribution is 2.12. The second-order valence-electron chi connectivity index (χ2n) is 4.45. The number of carbonyl (C=O) groups is 1. The van der Waals surface area contributed by atoms with Crippen LogP contribution in [0.15, 0.2) is 24.3 Å². The zero-order valence-corrected chi connectivity index (χ0v) is 12.5. The number of rotatable bonds is 4. The van der Waals surface area contributed by atoms with Crippen LogP contribution in [0.5, 0.6) is 0 Å². The molecule has 1 amide bonds. The van der Waals surface area contributed by atoms with Gasteiger partial charge in [0.1, 0.15) is 0 Å². The minimum Gasteiger partial charge on any atom is -0.399 e. The van der Waals surface area contributed by atoms with Crippen LogP contribution in [-0.4, -0.2) is 44.0 Å². The highest BCUT2D eigenvalue weighted by atomic mass is 35.5. The number of hydrogen-bond acceptors (Lipinski definition) is 4.